The lowest BCUT2D eigenvalue weighted by molar-refractivity contribution is -0.384. The minimum Gasteiger partial charge on any atom is -0.495 e. The SMILES string of the molecule is CN=C1NC(=O)[C@H](CC(=O)Nc2cc([N+](=O)[O-])ccc2OC)S1. The zero-order chi connectivity index (χ0) is 17.0. The first-order valence-electron chi connectivity index (χ1n) is 6.51. The standard InChI is InChI=1S/C13H14N4O5S/c1-14-13-16-12(19)10(23-13)6-11(18)15-8-5-7(17(20)21)3-4-9(8)22-2/h3-5,10H,6H2,1-2H3,(H,15,18)(H,14,16,19)/t10-/m0/s1. The molecule has 1 aromatic rings. The van der Waals surface area contributed by atoms with Gasteiger partial charge >= 0.3 is 0 Å². The molecule has 0 spiro atoms. The van der Waals surface area contributed by atoms with Gasteiger partial charge in [-0.2, -0.15) is 0 Å². The number of thioether (sulfide) groups is 1. The van der Waals surface area contributed by atoms with Crippen LogP contribution in [-0.4, -0.2) is 41.3 Å². The van der Waals surface area contributed by atoms with E-state index in [1.165, 1.54) is 25.3 Å². The number of carbonyl (C=O) groups is 2. The molecule has 1 aromatic carbocycles. The number of benzene rings is 1. The van der Waals surface area contributed by atoms with Crippen molar-refractivity contribution in [2.75, 3.05) is 19.5 Å². The van der Waals surface area contributed by atoms with Crippen molar-refractivity contribution in [3.8, 4) is 5.75 Å². The molecule has 23 heavy (non-hydrogen) atoms. The van der Waals surface area contributed by atoms with Crippen LogP contribution in [0, 0.1) is 10.1 Å². The van der Waals surface area contributed by atoms with Crippen LogP contribution in [0.1, 0.15) is 6.42 Å². The third-order valence-corrected chi connectivity index (χ3v) is 4.19. The van der Waals surface area contributed by atoms with E-state index in [1.807, 2.05) is 0 Å². The molecule has 1 heterocycles. The molecule has 0 radical (unpaired) electrons. The van der Waals surface area contributed by atoms with Crippen molar-refractivity contribution in [1.29, 1.82) is 0 Å². The third kappa shape index (κ3) is 3.97. The number of nitro benzene ring substituents is 1. The number of non-ortho nitro benzene ring substituents is 1. The molecule has 1 fully saturated rings. The molecule has 2 N–H and O–H groups in total. The predicted molar refractivity (Wildman–Crippen MR) is 85.8 cm³/mol. The number of nitrogens with zero attached hydrogens (tertiary/aromatic N) is 2. The van der Waals surface area contributed by atoms with Crippen molar-refractivity contribution in [2.24, 2.45) is 4.99 Å². The molecule has 1 saturated heterocycles. The van der Waals surface area contributed by atoms with E-state index in [0.717, 1.165) is 11.8 Å². The van der Waals surface area contributed by atoms with Gasteiger partial charge in [0.15, 0.2) is 5.17 Å². The fourth-order valence-electron chi connectivity index (χ4n) is 1.92. The smallest absolute Gasteiger partial charge is 0.271 e. The molecule has 0 unspecified atom stereocenters. The minimum absolute atomic E-state index is 0.0820. The van der Waals surface area contributed by atoms with Gasteiger partial charge in [-0.25, -0.2) is 0 Å². The lowest BCUT2D eigenvalue weighted by Gasteiger charge is -2.11. The maximum absolute atomic E-state index is 12.1. The van der Waals surface area contributed by atoms with Crippen LogP contribution in [0.4, 0.5) is 11.4 Å². The van der Waals surface area contributed by atoms with Crippen LogP contribution in [0.2, 0.25) is 0 Å². The summed E-state index contributed by atoms with van der Waals surface area (Å²) in [5.74, 6) is -0.450. The largest absolute Gasteiger partial charge is 0.495 e. The molecule has 1 aliphatic rings. The maximum atomic E-state index is 12.1. The minimum atomic E-state index is -0.585. The van der Waals surface area contributed by atoms with Gasteiger partial charge in [0.2, 0.25) is 11.8 Å². The van der Waals surface area contributed by atoms with Gasteiger partial charge in [0, 0.05) is 25.6 Å². The molecule has 0 bridgehead atoms. The number of rotatable bonds is 5. The van der Waals surface area contributed by atoms with Gasteiger partial charge in [-0.05, 0) is 6.07 Å². The molecule has 9 nitrogen and oxygen atoms in total. The molecule has 10 heteroatoms. The monoisotopic (exact) mass is 338 g/mol. The molecule has 0 aromatic heterocycles. The van der Waals surface area contributed by atoms with E-state index in [2.05, 4.69) is 15.6 Å². The van der Waals surface area contributed by atoms with E-state index in [4.69, 9.17) is 4.74 Å². The van der Waals surface area contributed by atoms with Gasteiger partial charge in [-0.3, -0.25) is 24.7 Å². The number of ether oxygens (including phenoxy) is 1. The van der Waals surface area contributed by atoms with Crippen molar-refractivity contribution in [1.82, 2.24) is 5.32 Å². The fraction of sp³-hybridized carbons (Fsp3) is 0.308. The van der Waals surface area contributed by atoms with Crippen LogP contribution < -0.4 is 15.4 Å². The molecular formula is C13H14N4O5S. The van der Waals surface area contributed by atoms with Crippen LogP contribution in [0.3, 0.4) is 0 Å². The summed E-state index contributed by atoms with van der Waals surface area (Å²) >= 11 is 1.16. The summed E-state index contributed by atoms with van der Waals surface area (Å²) in [6.45, 7) is 0. The van der Waals surface area contributed by atoms with Gasteiger partial charge < -0.3 is 15.4 Å². The van der Waals surface area contributed by atoms with E-state index in [-0.39, 0.29) is 23.7 Å². The Bertz CT molecular complexity index is 691. The first-order valence-corrected chi connectivity index (χ1v) is 7.39. The van der Waals surface area contributed by atoms with E-state index in [1.54, 1.807) is 7.05 Å². The second-order valence-electron chi connectivity index (χ2n) is 4.52. The molecular weight excluding hydrogens is 324 g/mol. The van der Waals surface area contributed by atoms with Crippen LogP contribution in [0.15, 0.2) is 23.2 Å². The summed E-state index contributed by atoms with van der Waals surface area (Å²) in [4.78, 5) is 37.9. The zero-order valence-corrected chi connectivity index (χ0v) is 13.2. The second-order valence-corrected chi connectivity index (χ2v) is 5.71. The van der Waals surface area contributed by atoms with Crippen molar-refractivity contribution < 1.29 is 19.2 Å². The Hall–Kier alpha value is -2.62. The summed E-state index contributed by atoms with van der Waals surface area (Å²) in [6, 6.07) is 3.88. The number of hydrogen-bond acceptors (Lipinski definition) is 7. The van der Waals surface area contributed by atoms with Crippen LogP contribution >= 0.6 is 11.8 Å². The van der Waals surface area contributed by atoms with E-state index < -0.39 is 16.1 Å². The van der Waals surface area contributed by atoms with Crippen LogP contribution in [-0.2, 0) is 9.59 Å². The van der Waals surface area contributed by atoms with E-state index in [9.17, 15) is 19.7 Å². The van der Waals surface area contributed by atoms with Crippen molar-refractivity contribution >= 4 is 40.1 Å². The van der Waals surface area contributed by atoms with Gasteiger partial charge in [-0.15, -0.1) is 0 Å². The average Bonchev–Trinajstić information content (AvgIpc) is 2.87. The summed E-state index contributed by atoms with van der Waals surface area (Å²) in [7, 11) is 2.93. The average molecular weight is 338 g/mol. The molecule has 2 rings (SSSR count). The van der Waals surface area contributed by atoms with E-state index in [0.29, 0.717) is 10.9 Å². The molecule has 0 aliphatic carbocycles. The number of carbonyl (C=O) groups excluding carboxylic acids is 2. The van der Waals surface area contributed by atoms with Gasteiger partial charge in [-0.1, -0.05) is 11.8 Å². The molecule has 122 valence electrons. The Labute approximate surface area is 135 Å². The Morgan fingerprint density at radius 2 is 2.30 bits per heavy atom. The number of amidine groups is 1. The zero-order valence-electron chi connectivity index (χ0n) is 12.4. The summed E-state index contributed by atoms with van der Waals surface area (Å²) in [5, 5.41) is 15.8. The highest BCUT2D eigenvalue weighted by atomic mass is 32.2. The number of aliphatic imine (C=N–C) groups is 1. The third-order valence-electron chi connectivity index (χ3n) is 3.02. The number of anilines is 1. The highest BCUT2D eigenvalue weighted by molar-refractivity contribution is 8.15. The number of nitro groups is 1. The highest BCUT2D eigenvalue weighted by Crippen LogP contribution is 2.30. The molecule has 1 aliphatic heterocycles. The highest BCUT2D eigenvalue weighted by Gasteiger charge is 2.31. The Morgan fingerprint density at radius 1 is 1.57 bits per heavy atom. The van der Waals surface area contributed by atoms with Crippen molar-refractivity contribution in [2.45, 2.75) is 11.7 Å². The Balaban J connectivity index is 2.09. The topological polar surface area (TPSA) is 123 Å². The molecule has 0 saturated carbocycles. The first kappa shape index (κ1) is 16.7. The van der Waals surface area contributed by atoms with Crippen molar-refractivity contribution in [3.05, 3.63) is 28.3 Å². The summed E-state index contributed by atoms with van der Waals surface area (Å²) in [5.41, 5.74) is 0.00831. The predicted octanol–water partition coefficient (Wildman–Crippen LogP) is 1.15. The second kappa shape index (κ2) is 7.09. The number of hydrogen-bond donors (Lipinski definition) is 2. The fourth-order valence-corrected chi connectivity index (χ4v) is 2.86. The van der Waals surface area contributed by atoms with Crippen LogP contribution in [0.5, 0.6) is 5.75 Å². The van der Waals surface area contributed by atoms with E-state index >= 15 is 0 Å². The Kier molecular flexibility index (Phi) is 5.16. The number of nitrogens with one attached hydrogen (secondary N) is 2. The van der Waals surface area contributed by atoms with Crippen LogP contribution in [0.25, 0.3) is 0 Å². The number of amides is 2. The normalized spacial score (nSPS) is 18.6. The molecule has 1 atom stereocenters. The summed E-state index contributed by atoms with van der Waals surface area (Å²) < 4.78 is 5.07. The quantitative estimate of drug-likeness (QED) is 0.613. The first-order chi connectivity index (χ1) is 10.9. The summed E-state index contributed by atoms with van der Waals surface area (Å²) in [6.07, 6.45) is -0.0820. The Morgan fingerprint density at radius 3 is 2.87 bits per heavy atom. The van der Waals surface area contributed by atoms with Gasteiger partial charge in [0.25, 0.3) is 5.69 Å². The lowest BCUT2D eigenvalue weighted by atomic mass is 10.2. The lowest BCUT2D eigenvalue weighted by Crippen LogP contribution is -2.28. The maximum Gasteiger partial charge on any atom is 0.271 e. The van der Waals surface area contributed by atoms with Gasteiger partial charge in [0.05, 0.1) is 17.7 Å². The number of methoxy groups -OCH3 is 1. The molecule has 2 amide bonds. The van der Waals surface area contributed by atoms with Crippen molar-refractivity contribution in [3.63, 3.8) is 0 Å². The van der Waals surface area contributed by atoms with Gasteiger partial charge in [0.1, 0.15) is 11.0 Å².